The Bertz CT molecular complexity index is 688. The SMILES string of the molecule is N#Cc1ccc(Cn2cccc(Br)c2=O)c(Cl)c1. The maximum Gasteiger partial charge on any atom is 0.265 e. The molecule has 0 unspecified atom stereocenters. The highest BCUT2D eigenvalue weighted by molar-refractivity contribution is 9.10. The number of hydrogen-bond donors (Lipinski definition) is 0. The van der Waals surface area contributed by atoms with Crippen LogP contribution in [-0.2, 0) is 6.54 Å². The average Bonchev–Trinajstić information content (AvgIpc) is 2.37. The quantitative estimate of drug-likeness (QED) is 0.852. The zero-order valence-electron chi connectivity index (χ0n) is 9.23. The Balaban J connectivity index is 2.38. The second-order valence-corrected chi connectivity index (χ2v) is 4.97. The molecular formula is C13H8BrClN2O. The molecule has 0 bridgehead atoms. The number of benzene rings is 1. The maximum atomic E-state index is 11.8. The average molecular weight is 324 g/mol. The van der Waals surface area contributed by atoms with E-state index >= 15 is 0 Å². The lowest BCUT2D eigenvalue weighted by Gasteiger charge is -2.08. The van der Waals surface area contributed by atoms with Gasteiger partial charge in [0.2, 0.25) is 0 Å². The van der Waals surface area contributed by atoms with Crippen molar-refractivity contribution in [3.63, 3.8) is 0 Å². The molecule has 0 saturated heterocycles. The number of nitrogens with zero attached hydrogens (tertiary/aromatic N) is 2. The largest absolute Gasteiger partial charge is 0.310 e. The highest BCUT2D eigenvalue weighted by Crippen LogP contribution is 2.18. The molecule has 0 saturated carbocycles. The standard InChI is InChI=1S/C13H8BrClN2O/c14-11-2-1-5-17(13(11)18)8-10-4-3-9(7-16)6-12(10)15/h1-6H,8H2. The third-order valence-electron chi connectivity index (χ3n) is 2.50. The Morgan fingerprint density at radius 2 is 2.17 bits per heavy atom. The third-order valence-corrected chi connectivity index (χ3v) is 3.45. The molecule has 2 aromatic rings. The van der Waals surface area contributed by atoms with Gasteiger partial charge in [-0.05, 0) is 45.8 Å². The molecule has 0 amide bonds. The van der Waals surface area contributed by atoms with E-state index in [2.05, 4.69) is 15.9 Å². The van der Waals surface area contributed by atoms with Crippen molar-refractivity contribution in [3.05, 3.63) is 67.5 Å². The second-order valence-electron chi connectivity index (χ2n) is 3.71. The molecule has 5 heteroatoms. The van der Waals surface area contributed by atoms with Crippen LogP contribution in [0.2, 0.25) is 5.02 Å². The minimum atomic E-state index is -0.113. The van der Waals surface area contributed by atoms with E-state index in [-0.39, 0.29) is 5.56 Å². The molecular weight excluding hydrogens is 316 g/mol. The summed E-state index contributed by atoms with van der Waals surface area (Å²) in [5.74, 6) is 0. The van der Waals surface area contributed by atoms with E-state index in [0.717, 1.165) is 5.56 Å². The van der Waals surface area contributed by atoms with Gasteiger partial charge in [-0.3, -0.25) is 4.79 Å². The van der Waals surface area contributed by atoms with Gasteiger partial charge in [-0.2, -0.15) is 5.26 Å². The molecule has 0 spiro atoms. The van der Waals surface area contributed by atoms with Crippen LogP contribution in [0.1, 0.15) is 11.1 Å². The summed E-state index contributed by atoms with van der Waals surface area (Å²) in [6.45, 7) is 0.378. The van der Waals surface area contributed by atoms with Crippen LogP contribution in [0.3, 0.4) is 0 Å². The van der Waals surface area contributed by atoms with Gasteiger partial charge in [0.05, 0.1) is 22.7 Å². The number of halogens is 2. The van der Waals surface area contributed by atoms with E-state index < -0.39 is 0 Å². The minimum Gasteiger partial charge on any atom is -0.310 e. The van der Waals surface area contributed by atoms with Crippen LogP contribution in [0.15, 0.2) is 45.8 Å². The predicted octanol–water partition coefficient (Wildman–Crippen LogP) is 3.18. The van der Waals surface area contributed by atoms with Crippen LogP contribution < -0.4 is 5.56 Å². The van der Waals surface area contributed by atoms with Gasteiger partial charge in [-0.15, -0.1) is 0 Å². The number of nitriles is 1. The van der Waals surface area contributed by atoms with E-state index in [9.17, 15) is 4.79 Å². The van der Waals surface area contributed by atoms with Crippen LogP contribution in [-0.4, -0.2) is 4.57 Å². The first-order chi connectivity index (χ1) is 8.61. The summed E-state index contributed by atoms with van der Waals surface area (Å²) in [5, 5.41) is 9.24. The van der Waals surface area contributed by atoms with Crippen molar-refractivity contribution in [2.24, 2.45) is 0 Å². The molecule has 1 aromatic carbocycles. The lowest BCUT2D eigenvalue weighted by atomic mass is 10.1. The molecule has 0 aliphatic carbocycles. The molecule has 0 aliphatic rings. The fourth-order valence-corrected chi connectivity index (χ4v) is 2.18. The van der Waals surface area contributed by atoms with Crippen molar-refractivity contribution < 1.29 is 0 Å². The maximum absolute atomic E-state index is 11.8. The van der Waals surface area contributed by atoms with Gasteiger partial charge in [0, 0.05) is 11.2 Å². The summed E-state index contributed by atoms with van der Waals surface area (Å²) in [4.78, 5) is 11.8. The van der Waals surface area contributed by atoms with Gasteiger partial charge >= 0.3 is 0 Å². The molecule has 90 valence electrons. The molecule has 1 aromatic heterocycles. The topological polar surface area (TPSA) is 45.8 Å². The smallest absolute Gasteiger partial charge is 0.265 e. The fourth-order valence-electron chi connectivity index (χ4n) is 1.56. The van der Waals surface area contributed by atoms with Gasteiger partial charge in [-0.1, -0.05) is 17.7 Å². The van der Waals surface area contributed by atoms with E-state index in [1.807, 2.05) is 6.07 Å². The van der Waals surface area contributed by atoms with Crippen molar-refractivity contribution in [1.29, 1.82) is 5.26 Å². The Kier molecular flexibility index (Phi) is 3.85. The van der Waals surface area contributed by atoms with Crippen LogP contribution in [0.5, 0.6) is 0 Å². The normalized spacial score (nSPS) is 10.1. The van der Waals surface area contributed by atoms with Gasteiger partial charge < -0.3 is 4.57 Å². The monoisotopic (exact) mass is 322 g/mol. The lowest BCUT2D eigenvalue weighted by Crippen LogP contribution is -2.20. The molecule has 0 radical (unpaired) electrons. The Labute approximate surface area is 117 Å². The summed E-state index contributed by atoms with van der Waals surface area (Å²) in [7, 11) is 0. The Morgan fingerprint density at radius 3 is 2.83 bits per heavy atom. The van der Waals surface area contributed by atoms with E-state index in [1.165, 1.54) is 0 Å². The summed E-state index contributed by atoms with van der Waals surface area (Å²) in [6.07, 6.45) is 1.70. The molecule has 0 aliphatic heterocycles. The van der Waals surface area contributed by atoms with E-state index in [1.54, 1.807) is 41.1 Å². The zero-order chi connectivity index (χ0) is 13.1. The van der Waals surface area contributed by atoms with Crippen LogP contribution in [0, 0.1) is 11.3 Å². The van der Waals surface area contributed by atoms with Crippen molar-refractivity contribution in [2.75, 3.05) is 0 Å². The second kappa shape index (κ2) is 5.38. The summed E-state index contributed by atoms with van der Waals surface area (Å²) >= 11 is 9.26. The van der Waals surface area contributed by atoms with Crippen molar-refractivity contribution in [2.45, 2.75) is 6.54 Å². The van der Waals surface area contributed by atoms with Gasteiger partial charge in [0.1, 0.15) is 0 Å². The Morgan fingerprint density at radius 1 is 1.39 bits per heavy atom. The van der Waals surface area contributed by atoms with Gasteiger partial charge in [-0.25, -0.2) is 0 Å². The minimum absolute atomic E-state index is 0.113. The van der Waals surface area contributed by atoms with Gasteiger partial charge in [0.15, 0.2) is 0 Å². The van der Waals surface area contributed by atoms with Crippen molar-refractivity contribution >= 4 is 27.5 Å². The fraction of sp³-hybridized carbons (Fsp3) is 0.0769. The molecule has 3 nitrogen and oxygen atoms in total. The summed E-state index contributed by atoms with van der Waals surface area (Å²) in [6, 6.07) is 10.5. The highest BCUT2D eigenvalue weighted by Gasteiger charge is 2.05. The van der Waals surface area contributed by atoms with Crippen molar-refractivity contribution in [1.82, 2.24) is 4.57 Å². The lowest BCUT2D eigenvalue weighted by molar-refractivity contribution is 0.755. The third kappa shape index (κ3) is 2.63. The molecule has 18 heavy (non-hydrogen) atoms. The predicted molar refractivity (Wildman–Crippen MR) is 73.7 cm³/mol. The molecule has 2 rings (SSSR count). The van der Waals surface area contributed by atoms with E-state index in [4.69, 9.17) is 16.9 Å². The first-order valence-electron chi connectivity index (χ1n) is 5.15. The molecule has 0 fully saturated rings. The van der Waals surface area contributed by atoms with Crippen LogP contribution in [0.25, 0.3) is 0 Å². The molecule has 0 atom stereocenters. The highest BCUT2D eigenvalue weighted by atomic mass is 79.9. The van der Waals surface area contributed by atoms with Gasteiger partial charge in [0.25, 0.3) is 5.56 Å². The summed E-state index contributed by atoms with van der Waals surface area (Å²) in [5.41, 5.74) is 1.19. The van der Waals surface area contributed by atoms with Crippen LogP contribution in [0.4, 0.5) is 0 Å². The number of pyridine rings is 1. The number of aromatic nitrogens is 1. The zero-order valence-corrected chi connectivity index (χ0v) is 11.6. The number of rotatable bonds is 2. The number of hydrogen-bond acceptors (Lipinski definition) is 2. The molecule has 0 N–H and O–H groups in total. The Hall–Kier alpha value is -1.57. The van der Waals surface area contributed by atoms with Crippen molar-refractivity contribution in [3.8, 4) is 6.07 Å². The molecule has 1 heterocycles. The summed E-state index contributed by atoms with van der Waals surface area (Å²) < 4.78 is 2.06. The van der Waals surface area contributed by atoms with E-state index in [0.29, 0.717) is 21.6 Å². The van der Waals surface area contributed by atoms with Crippen LogP contribution >= 0.6 is 27.5 Å². The first-order valence-corrected chi connectivity index (χ1v) is 6.32. The first kappa shape index (κ1) is 12.9.